The molecular formula is C22H21N2O4-. The van der Waals surface area contributed by atoms with Crippen LogP contribution in [0.4, 0.5) is 11.4 Å². The number of hydrogen-bond donors (Lipinski definition) is 1. The fourth-order valence-electron chi connectivity index (χ4n) is 3.26. The Morgan fingerprint density at radius 3 is 2.14 bits per heavy atom. The first-order valence-corrected chi connectivity index (χ1v) is 9.07. The highest BCUT2D eigenvalue weighted by Gasteiger charge is 2.29. The van der Waals surface area contributed by atoms with Gasteiger partial charge in [0.05, 0.1) is 5.92 Å². The van der Waals surface area contributed by atoms with E-state index in [1.807, 2.05) is 36.4 Å². The highest BCUT2D eigenvalue weighted by molar-refractivity contribution is 6.06. The monoisotopic (exact) mass is 377 g/mol. The summed E-state index contributed by atoms with van der Waals surface area (Å²) < 4.78 is 0. The molecule has 3 rings (SSSR count). The van der Waals surface area contributed by atoms with Gasteiger partial charge in [-0.1, -0.05) is 30.4 Å². The number of carbonyl (C=O) groups excluding carboxylic acids is 3. The van der Waals surface area contributed by atoms with Crippen molar-refractivity contribution in [3.8, 4) is 0 Å². The molecule has 6 nitrogen and oxygen atoms in total. The van der Waals surface area contributed by atoms with Crippen LogP contribution in [0.3, 0.4) is 0 Å². The molecule has 144 valence electrons. The number of allylic oxidation sites excluding steroid dienone is 2. The summed E-state index contributed by atoms with van der Waals surface area (Å²) in [7, 11) is 1.70. The van der Waals surface area contributed by atoms with Gasteiger partial charge in [0.25, 0.3) is 5.91 Å². The van der Waals surface area contributed by atoms with Crippen molar-refractivity contribution in [3.63, 3.8) is 0 Å². The Balaban J connectivity index is 1.67. The maximum atomic E-state index is 12.6. The average molecular weight is 377 g/mol. The molecule has 0 saturated heterocycles. The van der Waals surface area contributed by atoms with Crippen LogP contribution in [0.15, 0.2) is 66.7 Å². The quantitative estimate of drug-likeness (QED) is 0.809. The number of hydrogen-bond acceptors (Lipinski definition) is 4. The third-order valence-electron chi connectivity index (χ3n) is 4.92. The summed E-state index contributed by atoms with van der Waals surface area (Å²) in [5.74, 6) is -3.24. The molecule has 2 amide bonds. The van der Waals surface area contributed by atoms with E-state index in [0.29, 0.717) is 24.1 Å². The standard InChI is InChI=1S/C22H22N2O4/c1-24(17-7-3-2-4-8-17)21(26)15-11-13-16(14-12-15)23-20(25)18-9-5-6-10-19(18)22(27)28/h2-8,11-14,18-19H,9-10H2,1H3,(H,23,25)(H,27,28)/p-1/t18-,19+/m1/s1. The van der Waals surface area contributed by atoms with Gasteiger partial charge in [0.2, 0.25) is 5.91 Å². The molecule has 2 aromatic carbocycles. The van der Waals surface area contributed by atoms with Gasteiger partial charge in [0, 0.05) is 35.9 Å². The molecule has 0 spiro atoms. The number of nitrogens with one attached hydrogen (secondary N) is 1. The zero-order valence-corrected chi connectivity index (χ0v) is 15.5. The van der Waals surface area contributed by atoms with Crippen LogP contribution in [0, 0.1) is 11.8 Å². The number of carbonyl (C=O) groups is 3. The van der Waals surface area contributed by atoms with Gasteiger partial charge in [-0.15, -0.1) is 0 Å². The normalized spacial score (nSPS) is 18.3. The SMILES string of the molecule is CN(C(=O)c1ccc(NC(=O)[C@@H]2CC=CC[C@@H]2C(=O)[O-])cc1)c1ccccc1. The molecule has 0 aliphatic heterocycles. The van der Waals surface area contributed by atoms with Gasteiger partial charge in [-0.3, -0.25) is 9.59 Å². The Morgan fingerprint density at radius 1 is 0.929 bits per heavy atom. The highest BCUT2D eigenvalue weighted by atomic mass is 16.4. The van der Waals surface area contributed by atoms with Gasteiger partial charge in [-0.25, -0.2) is 0 Å². The lowest BCUT2D eigenvalue weighted by molar-refractivity contribution is -0.313. The van der Waals surface area contributed by atoms with Gasteiger partial charge in [0.15, 0.2) is 0 Å². The number of nitrogens with zero attached hydrogens (tertiary/aromatic N) is 1. The van der Waals surface area contributed by atoms with Crippen LogP contribution in [0.5, 0.6) is 0 Å². The van der Waals surface area contributed by atoms with E-state index in [0.717, 1.165) is 5.69 Å². The molecule has 0 aromatic heterocycles. The van der Waals surface area contributed by atoms with E-state index >= 15 is 0 Å². The minimum Gasteiger partial charge on any atom is -0.550 e. The second-order valence-corrected chi connectivity index (χ2v) is 6.74. The summed E-state index contributed by atoms with van der Waals surface area (Å²) >= 11 is 0. The van der Waals surface area contributed by atoms with E-state index in [-0.39, 0.29) is 11.8 Å². The highest BCUT2D eigenvalue weighted by Crippen LogP contribution is 2.27. The number of carboxylic acids is 1. The van der Waals surface area contributed by atoms with Crippen molar-refractivity contribution in [1.82, 2.24) is 0 Å². The third-order valence-corrected chi connectivity index (χ3v) is 4.92. The van der Waals surface area contributed by atoms with Crippen molar-refractivity contribution in [2.24, 2.45) is 11.8 Å². The average Bonchev–Trinajstić information content (AvgIpc) is 2.73. The molecule has 1 N–H and O–H groups in total. The summed E-state index contributed by atoms with van der Waals surface area (Å²) in [4.78, 5) is 37.9. The minimum atomic E-state index is -1.21. The van der Waals surface area contributed by atoms with Crippen LogP contribution in [-0.4, -0.2) is 24.8 Å². The van der Waals surface area contributed by atoms with E-state index in [1.54, 1.807) is 42.3 Å². The predicted octanol–water partition coefficient (Wildman–Crippen LogP) is 2.23. The third kappa shape index (κ3) is 4.28. The number of benzene rings is 2. The molecule has 0 saturated carbocycles. The fraction of sp³-hybridized carbons (Fsp3) is 0.227. The molecule has 1 aliphatic carbocycles. The Labute approximate surface area is 163 Å². The van der Waals surface area contributed by atoms with Crippen molar-refractivity contribution in [3.05, 3.63) is 72.3 Å². The molecule has 0 fully saturated rings. The summed E-state index contributed by atoms with van der Waals surface area (Å²) in [5.41, 5.74) is 1.77. The summed E-state index contributed by atoms with van der Waals surface area (Å²) in [6.07, 6.45) is 4.22. The van der Waals surface area contributed by atoms with Gasteiger partial charge in [0.1, 0.15) is 0 Å². The van der Waals surface area contributed by atoms with Crippen LogP contribution >= 0.6 is 0 Å². The second kappa shape index (κ2) is 8.52. The van der Waals surface area contributed by atoms with E-state index < -0.39 is 17.8 Å². The molecule has 0 heterocycles. The second-order valence-electron chi connectivity index (χ2n) is 6.74. The van der Waals surface area contributed by atoms with Crippen LogP contribution in [0.2, 0.25) is 0 Å². The maximum Gasteiger partial charge on any atom is 0.258 e. The first kappa shape index (κ1) is 19.4. The number of para-hydroxylation sites is 1. The summed E-state index contributed by atoms with van der Waals surface area (Å²) in [5, 5.41) is 14.0. The lowest BCUT2D eigenvalue weighted by Crippen LogP contribution is -2.41. The zero-order chi connectivity index (χ0) is 20.1. The van der Waals surface area contributed by atoms with Gasteiger partial charge in [-0.2, -0.15) is 0 Å². The van der Waals surface area contributed by atoms with Gasteiger partial charge in [-0.05, 0) is 49.2 Å². The topological polar surface area (TPSA) is 89.5 Å². The van der Waals surface area contributed by atoms with E-state index in [4.69, 9.17) is 0 Å². The van der Waals surface area contributed by atoms with Crippen LogP contribution in [0.25, 0.3) is 0 Å². The minimum absolute atomic E-state index is 0.168. The number of aliphatic carboxylic acids is 1. The van der Waals surface area contributed by atoms with Crippen molar-refractivity contribution in [1.29, 1.82) is 0 Å². The van der Waals surface area contributed by atoms with Crippen LogP contribution in [-0.2, 0) is 9.59 Å². The predicted molar refractivity (Wildman–Crippen MR) is 105 cm³/mol. The number of rotatable bonds is 5. The molecular weight excluding hydrogens is 356 g/mol. The van der Waals surface area contributed by atoms with Crippen molar-refractivity contribution in [2.45, 2.75) is 12.8 Å². The first-order valence-electron chi connectivity index (χ1n) is 9.07. The van der Waals surface area contributed by atoms with Crippen molar-refractivity contribution in [2.75, 3.05) is 17.3 Å². The molecule has 2 atom stereocenters. The molecule has 0 bridgehead atoms. The van der Waals surface area contributed by atoms with E-state index in [9.17, 15) is 19.5 Å². The zero-order valence-electron chi connectivity index (χ0n) is 15.5. The lowest BCUT2D eigenvalue weighted by atomic mass is 9.82. The lowest BCUT2D eigenvalue weighted by Gasteiger charge is -2.28. The maximum absolute atomic E-state index is 12.6. The molecule has 28 heavy (non-hydrogen) atoms. The Bertz CT molecular complexity index is 891. The summed E-state index contributed by atoms with van der Waals surface area (Å²) in [6, 6.07) is 15.8. The van der Waals surface area contributed by atoms with Crippen molar-refractivity contribution < 1.29 is 19.5 Å². The molecule has 6 heteroatoms. The fourth-order valence-corrected chi connectivity index (χ4v) is 3.26. The molecule has 2 aromatic rings. The Morgan fingerprint density at radius 2 is 1.54 bits per heavy atom. The van der Waals surface area contributed by atoms with E-state index in [1.165, 1.54) is 0 Å². The van der Waals surface area contributed by atoms with E-state index in [2.05, 4.69) is 5.32 Å². The molecule has 0 unspecified atom stereocenters. The first-order chi connectivity index (χ1) is 13.5. The molecule has 0 radical (unpaired) electrons. The number of carboxylic acid groups (broad SMARTS) is 1. The number of anilines is 2. The largest absolute Gasteiger partial charge is 0.550 e. The Kier molecular flexibility index (Phi) is 5.89. The van der Waals surface area contributed by atoms with Crippen molar-refractivity contribution >= 4 is 29.2 Å². The van der Waals surface area contributed by atoms with Crippen LogP contribution in [0.1, 0.15) is 23.2 Å². The molecule has 1 aliphatic rings. The van der Waals surface area contributed by atoms with Gasteiger partial charge < -0.3 is 20.1 Å². The summed E-state index contributed by atoms with van der Waals surface area (Å²) in [6.45, 7) is 0. The Hall–Kier alpha value is -3.41. The van der Waals surface area contributed by atoms with Crippen LogP contribution < -0.4 is 15.3 Å². The smallest absolute Gasteiger partial charge is 0.258 e. The number of amides is 2. The van der Waals surface area contributed by atoms with Gasteiger partial charge >= 0.3 is 0 Å².